The molecule has 2 N–H and O–H groups in total. The molecule has 0 bridgehead atoms. The third-order valence-electron chi connectivity index (χ3n) is 1.82. The summed E-state index contributed by atoms with van der Waals surface area (Å²) in [5, 5.41) is 17.5. The molecule has 3 heteroatoms. The van der Waals surface area contributed by atoms with Crippen molar-refractivity contribution >= 4 is 0 Å². The maximum absolute atomic E-state index is 8.97. The summed E-state index contributed by atoms with van der Waals surface area (Å²) in [6.07, 6.45) is 19.0. The first-order chi connectivity index (χ1) is 8.81. The van der Waals surface area contributed by atoms with Gasteiger partial charge in [-0.1, -0.05) is 55.5 Å². The Hall–Kier alpha value is -1.58. The van der Waals surface area contributed by atoms with E-state index in [1.54, 1.807) is 6.08 Å². The standard InChI is InChI=1S/C15H22O3/c1-2-3-4-5-6-7-8-9-10-11-12-18-14-15(17)13-16/h3-12,15-17H,2,13-14H2,1H3/b4-3-,6-5-,8-7-,10-9-,12-11-/t15-/m0/s1. The Labute approximate surface area is 109 Å². The van der Waals surface area contributed by atoms with Gasteiger partial charge in [0.05, 0.1) is 12.9 Å². The molecule has 0 radical (unpaired) electrons. The molecule has 0 aliphatic heterocycles. The second kappa shape index (κ2) is 13.5. The lowest BCUT2D eigenvalue weighted by Crippen LogP contribution is -2.17. The van der Waals surface area contributed by atoms with Gasteiger partial charge in [-0.05, 0) is 12.5 Å². The summed E-state index contributed by atoms with van der Waals surface area (Å²) in [5.41, 5.74) is 0. The Morgan fingerprint density at radius 2 is 1.50 bits per heavy atom. The molecular weight excluding hydrogens is 228 g/mol. The lowest BCUT2D eigenvalue weighted by molar-refractivity contribution is 0.0384. The Kier molecular flexibility index (Phi) is 12.3. The molecule has 1 atom stereocenters. The van der Waals surface area contributed by atoms with Crippen LogP contribution in [0.15, 0.2) is 60.9 Å². The Morgan fingerprint density at radius 3 is 2.06 bits per heavy atom. The molecule has 0 heterocycles. The molecule has 18 heavy (non-hydrogen) atoms. The normalized spacial score (nSPS) is 14.8. The van der Waals surface area contributed by atoms with E-state index < -0.39 is 6.10 Å². The zero-order valence-electron chi connectivity index (χ0n) is 10.8. The summed E-state index contributed by atoms with van der Waals surface area (Å²) in [5.74, 6) is 0. The molecule has 0 unspecified atom stereocenters. The third kappa shape index (κ3) is 12.5. The third-order valence-corrected chi connectivity index (χ3v) is 1.82. The minimum Gasteiger partial charge on any atom is -0.498 e. The number of hydrogen-bond acceptors (Lipinski definition) is 3. The van der Waals surface area contributed by atoms with Crippen molar-refractivity contribution in [2.75, 3.05) is 13.2 Å². The smallest absolute Gasteiger partial charge is 0.115 e. The average molecular weight is 250 g/mol. The Balaban J connectivity index is 3.64. The van der Waals surface area contributed by atoms with E-state index in [4.69, 9.17) is 14.9 Å². The lowest BCUT2D eigenvalue weighted by Gasteiger charge is -2.04. The van der Waals surface area contributed by atoms with Gasteiger partial charge in [-0.3, -0.25) is 0 Å². The van der Waals surface area contributed by atoms with E-state index in [-0.39, 0.29) is 13.2 Å². The van der Waals surface area contributed by atoms with Crippen LogP contribution in [0.1, 0.15) is 13.3 Å². The van der Waals surface area contributed by atoms with Crippen LogP contribution in [-0.4, -0.2) is 29.5 Å². The largest absolute Gasteiger partial charge is 0.498 e. The van der Waals surface area contributed by atoms with E-state index in [1.165, 1.54) is 6.26 Å². The highest BCUT2D eigenvalue weighted by Crippen LogP contribution is 1.87. The van der Waals surface area contributed by atoms with Crippen molar-refractivity contribution in [2.45, 2.75) is 19.4 Å². The molecule has 0 aromatic rings. The van der Waals surface area contributed by atoms with Gasteiger partial charge in [0.2, 0.25) is 0 Å². The number of aliphatic hydroxyl groups is 2. The molecule has 0 saturated carbocycles. The van der Waals surface area contributed by atoms with Gasteiger partial charge in [-0.2, -0.15) is 0 Å². The van der Waals surface area contributed by atoms with E-state index in [2.05, 4.69) is 13.0 Å². The monoisotopic (exact) mass is 250 g/mol. The zero-order valence-corrected chi connectivity index (χ0v) is 10.8. The molecule has 100 valence electrons. The van der Waals surface area contributed by atoms with Gasteiger partial charge in [0.15, 0.2) is 0 Å². The van der Waals surface area contributed by atoms with Crippen LogP contribution in [-0.2, 0) is 4.74 Å². The van der Waals surface area contributed by atoms with Crippen molar-refractivity contribution in [1.82, 2.24) is 0 Å². The van der Waals surface area contributed by atoms with E-state index in [1.807, 2.05) is 42.5 Å². The van der Waals surface area contributed by atoms with Gasteiger partial charge in [-0.15, -0.1) is 0 Å². The molecular formula is C15H22O3. The van der Waals surface area contributed by atoms with Crippen molar-refractivity contribution < 1.29 is 14.9 Å². The first kappa shape index (κ1) is 16.4. The summed E-state index contributed by atoms with van der Waals surface area (Å²) in [4.78, 5) is 0. The Bertz CT molecular complexity index is 312. The van der Waals surface area contributed by atoms with Crippen LogP contribution < -0.4 is 0 Å². The number of hydrogen-bond donors (Lipinski definition) is 2. The van der Waals surface area contributed by atoms with Crippen molar-refractivity contribution in [3.63, 3.8) is 0 Å². The lowest BCUT2D eigenvalue weighted by atomic mass is 10.3. The molecule has 0 amide bonds. The summed E-state index contributed by atoms with van der Waals surface area (Å²) in [7, 11) is 0. The molecule has 0 rings (SSSR count). The van der Waals surface area contributed by atoms with Gasteiger partial charge in [0.25, 0.3) is 0 Å². The van der Waals surface area contributed by atoms with Crippen molar-refractivity contribution in [1.29, 1.82) is 0 Å². The summed E-state index contributed by atoms with van der Waals surface area (Å²) >= 11 is 0. The quantitative estimate of drug-likeness (QED) is 0.488. The number of allylic oxidation sites excluding steroid dienone is 9. The summed E-state index contributed by atoms with van der Waals surface area (Å²) in [6, 6.07) is 0. The zero-order chi connectivity index (χ0) is 13.5. The minimum atomic E-state index is -0.820. The van der Waals surface area contributed by atoms with E-state index >= 15 is 0 Å². The van der Waals surface area contributed by atoms with Crippen LogP contribution in [0.4, 0.5) is 0 Å². The first-order valence-electron chi connectivity index (χ1n) is 6.03. The number of ether oxygens (including phenoxy) is 1. The van der Waals surface area contributed by atoms with Gasteiger partial charge >= 0.3 is 0 Å². The molecule has 3 nitrogen and oxygen atoms in total. The predicted molar refractivity (Wildman–Crippen MR) is 75.0 cm³/mol. The van der Waals surface area contributed by atoms with E-state index in [0.717, 1.165) is 6.42 Å². The fourth-order valence-corrected chi connectivity index (χ4v) is 0.920. The fourth-order valence-electron chi connectivity index (χ4n) is 0.920. The highest BCUT2D eigenvalue weighted by molar-refractivity contribution is 5.17. The van der Waals surface area contributed by atoms with Gasteiger partial charge in [-0.25, -0.2) is 0 Å². The van der Waals surface area contributed by atoms with Crippen molar-refractivity contribution in [3.8, 4) is 0 Å². The molecule has 0 aromatic heterocycles. The van der Waals surface area contributed by atoms with Crippen molar-refractivity contribution in [3.05, 3.63) is 60.9 Å². The molecule has 0 spiro atoms. The molecule has 0 saturated heterocycles. The van der Waals surface area contributed by atoms with Crippen molar-refractivity contribution in [2.24, 2.45) is 0 Å². The van der Waals surface area contributed by atoms with Crippen LogP contribution in [0.5, 0.6) is 0 Å². The molecule has 0 fully saturated rings. The maximum Gasteiger partial charge on any atom is 0.115 e. The average Bonchev–Trinajstić information content (AvgIpc) is 2.39. The minimum absolute atomic E-state index is 0.100. The van der Waals surface area contributed by atoms with E-state index in [9.17, 15) is 0 Å². The highest BCUT2D eigenvalue weighted by atomic mass is 16.5. The summed E-state index contributed by atoms with van der Waals surface area (Å²) < 4.78 is 4.97. The second-order valence-electron chi connectivity index (χ2n) is 3.49. The van der Waals surface area contributed by atoms with Gasteiger partial charge in [0.1, 0.15) is 12.7 Å². The van der Waals surface area contributed by atoms with Crippen LogP contribution in [0.25, 0.3) is 0 Å². The van der Waals surface area contributed by atoms with Crippen LogP contribution in [0.3, 0.4) is 0 Å². The topological polar surface area (TPSA) is 49.7 Å². The van der Waals surface area contributed by atoms with Gasteiger partial charge < -0.3 is 14.9 Å². The van der Waals surface area contributed by atoms with Crippen LogP contribution >= 0.6 is 0 Å². The predicted octanol–water partition coefficient (Wildman–Crippen LogP) is 2.50. The molecule has 0 aliphatic carbocycles. The van der Waals surface area contributed by atoms with Crippen LogP contribution in [0, 0.1) is 0 Å². The maximum atomic E-state index is 8.97. The molecule has 0 aromatic carbocycles. The summed E-state index contributed by atoms with van der Waals surface area (Å²) in [6.45, 7) is 1.91. The molecule has 0 aliphatic rings. The van der Waals surface area contributed by atoms with E-state index in [0.29, 0.717) is 0 Å². The highest BCUT2D eigenvalue weighted by Gasteiger charge is 1.98. The second-order valence-corrected chi connectivity index (χ2v) is 3.49. The SMILES string of the molecule is CC\C=C/C=C\C=C/C=C\C=C/OC[C@@H](O)CO. The number of aliphatic hydroxyl groups excluding tert-OH is 2. The van der Waals surface area contributed by atoms with Crippen LogP contribution in [0.2, 0.25) is 0 Å². The van der Waals surface area contributed by atoms with Gasteiger partial charge in [0, 0.05) is 0 Å². The first-order valence-corrected chi connectivity index (χ1v) is 6.03. The fraction of sp³-hybridized carbons (Fsp3) is 0.333. The Morgan fingerprint density at radius 1 is 0.944 bits per heavy atom. The number of rotatable bonds is 9.